The van der Waals surface area contributed by atoms with Crippen molar-refractivity contribution in [1.29, 1.82) is 0 Å². The zero-order valence-corrected chi connectivity index (χ0v) is 12.1. The fourth-order valence-electron chi connectivity index (χ4n) is 1.63. The van der Waals surface area contributed by atoms with Crippen LogP contribution >= 0.6 is 15.9 Å². The molecule has 0 aromatic heterocycles. The first-order valence-electron chi connectivity index (χ1n) is 5.34. The summed E-state index contributed by atoms with van der Waals surface area (Å²) in [5.74, 6) is -1.32. The second kappa shape index (κ2) is 5.79. The van der Waals surface area contributed by atoms with Crippen LogP contribution in [0.4, 0.5) is 14.5 Å². The van der Waals surface area contributed by atoms with Crippen LogP contribution in [0.5, 0.6) is 0 Å². The van der Waals surface area contributed by atoms with Crippen molar-refractivity contribution in [3.63, 3.8) is 0 Å². The third-order valence-corrected chi connectivity index (χ3v) is 4.78. The van der Waals surface area contributed by atoms with Crippen molar-refractivity contribution >= 4 is 32.4 Å². The van der Waals surface area contributed by atoms with Crippen molar-refractivity contribution in [2.75, 3.05) is 5.73 Å². The monoisotopic (exact) mass is 345 g/mol. The van der Waals surface area contributed by atoms with Gasteiger partial charge >= 0.3 is 0 Å². The number of nitrogens with two attached hydrogens (primary N) is 1. The molecular weight excluding hydrogens is 336 g/mol. The zero-order chi connectivity index (χ0) is 14.0. The van der Waals surface area contributed by atoms with E-state index in [0.29, 0.717) is 20.6 Å². The van der Waals surface area contributed by atoms with Gasteiger partial charge in [0.2, 0.25) is 0 Å². The van der Waals surface area contributed by atoms with Crippen LogP contribution in [0.25, 0.3) is 0 Å². The average Bonchev–Trinajstić information content (AvgIpc) is 2.26. The smallest absolute Gasteiger partial charge is 0.126 e. The Morgan fingerprint density at radius 2 is 1.74 bits per heavy atom. The van der Waals surface area contributed by atoms with Gasteiger partial charge in [0, 0.05) is 16.2 Å². The van der Waals surface area contributed by atoms with E-state index in [2.05, 4.69) is 15.9 Å². The fourth-order valence-corrected chi connectivity index (χ4v) is 3.68. The summed E-state index contributed by atoms with van der Waals surface area (Å²) >= 11 is 3.27. The number of hydrogen-bond acceptors (Lipinski definition) is 2. The van der Waals surface area contributed by atoms with Crippen molar-refractivity contribution in [3.8, 4) is 0 Å². The van der Waals surface area contributed by atoms with Crippen LogP contribution < -0.4 is 5.73 Å². The molecule has 0 bridgehead atoms. The summed E-state index contributed by atoms with van der Waals surface area (Å²) in [6, 6.07) is 8.03. The number of nitrogen functional groups attached to an aromatic ring is 1. The van der Waals surface area contributed by atoms with Gasteiger partial charge in [-0.05, 0) is 51.8 Å². The molecule has 0 saturated carbocycles. The summed E-state index contributed by atoms with van der Waals surface area (Å²) in [5, 5.41) is 0. The summed E-state index contributed by atoms with van der Waals surface area (Å²) in [4.78, 5) is 0.541. The van der Waals surface area contributed by atoms with Crippen molar-refractivity contribution in [1.82, 2.24) is 0 Å². The van der Waals surface area contributed by atoms with E-state index in [0.717, 1.165) is 6.07 Å². The largest absolute Gasteiger partial charge is 0.399 e. The maximum Gasteiger partial charge on any atom is 0.126 e. The molecule has 0 aliphatic carbocycles. The summed E-state index contributed by atoms with van der Waals surface area (Å²) in [6.07, 6.45) is 0. The highest BCUT2D eigenvalue weighted by Crippen LogP contribution is 2.25. The van der Waals surface area contributed by atoms with E-state index in [1.54, 1.807) is 18.2 Å². The second-order valence-electron chi connectivity index (χ2n) is 3.96. The van der Waals surface area contributed by atoms with Crippen LogP contribution in [0, 0.1) is 11.6 Å². The molecule has 0 radical (unpaired) electrons. The quantitative estimate of drug-likeness (QED) is 0.863. The van der Waals surface area contributed by atoms with Gasteiger partial charge in [0.25, 0.3) is 0 Å². The molecule has 1 unspecified atom stereocenters. The van der Waals surface area contributed by atoms with Gasteiger partial charge in [-0.3, -0.25) is 4.21 Å². The van der Waals surface area contributed by atoms with Gasteiger partial charge in [-0.25, -0.2) is 8.78 Å². The van der Waals surface area contributed by atoms with Crippen LogP contribution in [0.3, 0.4) is 0 Å². The molecule has 2 rings (SSSR count). The predicted molar refractivity (Wildman–Crippen MR) is 75.0 cm³/mol. The SMILES string of the molecule is Nc1ccc(S(=O)Cc2cc(F)cc(F)c2)c(Br)c1. The molecule has 19 heavy (non-hydrogen) atoms. The van der Waals surface area contributed by atoms with Gasteiger partial charge in [0.05, 0.1) is 21.4 Å². The maximum absolute atomic E-state index is 13.0. The average molecular weight is 346 g/mol. The molecule has 6 heteroatoms. The van der Waals surface area contributed by atoms with Gasteiger partial charge in [-0.1, -0.05) is 0 Å². The standard InChI is InChI=1S/C13H10BrF2NOS/c14-12-6-11(17)1-2-13(12)19(18)7-8-3-9(15)5-10(16)4-8/h1-6H,7,17H2. The Bertz CT molecular complexity index is 628. The molecular formula is C13H10BrF2NOS. The van der Waals surface area contributed by atoms with Crippen molar-refractivity contribution in [3.05, 3.63) is 58.1 Å². The van der Waals surface area contributed by atoms with Gasteiger partial charge in [-0.2, -0.15) is 0 Å². The Labute approximate surface area is 120 Å². The first-order chi connectivity index (χ1) is 8.95. The summed E-state index contributed by atoms with van der Waals surface area (Å²) in [7, 11) is -1.41. The predicted octanol–water partition coefficient (Wildman–Crippen LogP) is 3.62. The van der Waals surface area contributed by atoms with Gasteiger partial charge in [-0.15, -0.1) is 0 Å². The number of halogens is 3. The summed E-state index contributed by atoms with van der Waals surface area (Å²) in [6.45, 7) is 0. The zero-order valence-electron chi connectivity index (χ0n) is 9.70. The van der Waals surface area contributed by atoms with Gasteiger partial charge in [0.1, 0.15) is 11.6 Å². The van der Waals surface area contributed by atoms with E-state index in [1.807, 2.05) is 0 Å². The Balaban J connectivity index is 2.25. The van der Waals surface area contributed by atoms with Crippen LogP contribution in [0.2, 0.25) is 0 Å². The topological polar surface area (TPSA) is 43.1 Å². The molecule has 2 aromatic carbocycles. The highest BCUT2D eigenvalue weighted by molar-refractivity contribution is 9.10. The van der Waals surface area contributed by atoms with Crippen LogP contribution in [-0.2, 0) is 16.6 Å². The molecule has 100 valence electrons. The second-order valence-corrected chi connectivity index (χ2v) is 6.23. The van der Waals surface area contributed by atoms with Crippen molar-refractivity contribution in [2.45, 2.75) is 10.6 Å². The van der Waals surface area contributed by atoms with E-state index >= 15 is 0 Å². The molecule has 0 amide bonds. The van der Waals surface area contributed by atoms with Crippen molar-refractivity contribution in [2.24, 2.45) is 0 Å². The first kappa shape index (κ1) is 14.1. The van der Waals surface area contributed by atoms with Crippen LogP contribution in [0.15, 0.2) is 45.8 Å². The molecule has 0 saturated heterocycles. The Morgan fingerprint density at radius 1 is 1.11 bits per heavy atom. The van der Waals surface area contributed by atoms with Crippen LogP contribution in [0.1, 0.15) is 5.56 Å². The van der Waals surface area contributed by atoms with E-state index in [1.165, 1.54) is 12.1 Å². The lowest BCUT2D eigenvalue weighted by atomic mass is 10.2. The number of hydrogen-bond donors (Lipinski definition) is 1. The first-order valence-corrected chi connectivity index (χ1v) is 7.45. The lowest BCUT2D eigenvalue weighted by molar-refractivity contribution is 0.581. The number of rotatable bonds is 3. The normalized spacial score (nSPS) is 12.4. The lowest BCUT2D eigenvalue weighted by Gasteiger charge is -2.06. The van der Waals surface area contributed by atoms with Gasteiger partial charge in [0.15, 0.2) is 0 Å². The minimum Gasteiger partial charge on any atom is -0.399 e. The minimum atomic E-state index is -1.41. The third-order valence-electron chi connectivity index (χ3n) is 2.42. The molecule has 1 atom stereocenters. The fraction of sp³-hybridized carbons (Fsp3) is 0.0769. The lowest BCUT2D eigenvalue weighted by Crippen LogP contribution is -1.99. The Hall–Kier alpha value is -1.27. The van der Waals surface area contributed by atoms with E-state index in [-0.39, 0.29) is 5.75 Å². The Morgan fingerprint density at radius 3 is 2.32 bits per heavy atom. The molecule has 0 spiro atoms. The number of anilines is 1. The van der Waals surface area contributed by atoms with Gasteiger partial charge < -0.3 is 5.73 Å². The number of benzene rings is 2. The van der Waals surface area contributed by atoms with Crippen LogP contribution in [-0.4, -0.2) is 4.21 Å². The summed E-state index contributed by atoms with van der Waals surface area (Å²) < 4.78 is 38.9. The van der Waals surface area contributed by atoms with E-state index in [4.69, 9.17) is 5.73 Å². The third kappa shape index (κ3) is 3.61. The van der Waals surface area contributed by atoms with E-state index < -0.39 is 22.4 Å². The molecule has 2 aromatic rings. The molecule has 0 heterocycles. The highest BCUT2D eigenvalue weighted by Gasteiger charge is 2.11. The molecule has 2 N–H and O–H groups in total. The van der Waals surface area contributed by atoms with E-state index in [9.17, 15) is 13.0 Å². The molecule has 0 fully saturated rings. The van der Waals surface area contributed by atoms with Crippen molar-refractivity contribution < 1.29 is 13.0 Å². The molecule has 2 nitrogen and oxygen atoms in total. The summed E-state index contributed by atoms with van der Waals surface area (Å²) in [5.41, 5.74) is 6.48. The highest BCUT2D eigenvalue weighted by atomic mass is 79.9. The maximum atomic E-state index is 13.0. The Kier molecular flexibility index (Phi) is 4.31. The minimum absolute atomic E-state index is 0.0389. The molecule has 0 aliphatic heterocycles. The molecule has 0 aliphatic rings.